The number of benzene rings is 4. The van der Waals surface area contributed by atoms with Crippen LogP contribution in [0.3, 0.4) is 0 Å². The molecule has 7 rings (SSSR count). The molecule has 2 fully saturated rings. The number of carbonyl (C=O) groups is 4. The summed E-state index contributed by atoms with van der Waals surface area (Å²) in [6.07, 6.45) is 7.03. The Hall–Kier alpha value is -6.03. The van der Waals surface area contributed by atoms with E-state index in [9.17, 15) is 19.2 Å². The second kappa shape index (κ2) is 16.5. The first kappa shape index (κ1) is 35.4. The molecule has 2 saturated heterocycles. The minimum atomic E-state index is -0.510. The van der Waals surface area contributed by atoms with Gasteiger partial charge in [0.25, 0.3) is 0 Å². The number of nitrogens with one attached hydrogen (secondary N) is 2. The first-order valence-electron chi connectivity index (χ1n) is 18.4. The van der Waals surface area contributed by atoms with E-state index in [2.05, 4.69) is 15.6 Å². The average molecular weight is 710 g/mol. The van der Waals surface area contributed by atoms with Gasteiger partial charge in [0.1, 0.15) is 12.1 Å². The van der Waals surface area contributed by atoms with Gasteiger partial charge in [0.2, 0.25) is 29.5 Å². The molecule has 1 aromatic heterocycles. The molecule has 53 heavy (non-hydrogen) atoms. The second-order valence-electron chi connectivity index (χ2n) is 13.7. The van der Waals surface area contributed by atoms with Gasteiger partial charge in [0, 0.05) is 35.6 Å². The van der Waals surface area contributed by atoms with Crippen molar-refractivity contribution in [2.45, 2.75) is 63.5 Å². The Kier molecular flexibility index (Phi) is 11.0. The molecule has 0 aliphatic carbocycles. The Labute approximate surface area is 309 Å². The van der Waals surface area contributed by atoms with Gasteiger partial charge < -0.3 is 24.9 Å². The monoisotopic (exact) mass is 709 g/mol. The summed E-state index contributed by atoms with van der Waals surface area (Å²) in [6.45, 7) is 1.15. The summed E-state index contributed by atoms with van der Waals surface area (Å²) in [7, 11) is 0. The van der Waals surface area contributed by atoms with E-state index in [0.29, 0.717) is 49.0 Å². The molecule has 270 valence electrons. The summed E-state index contributed by atoms with van der Waals surface area (Å²) in [5.74, 6) is 0.544. The number of oxazole rings is 1. The molecular weight excluding hydrogens is 667 g/mol. The largest absolute Gasteiger partial charge is 0.436 e. The predicted molar refractivity (Wildman–Crippen MR) is 204 cm³/mol. The Morgan fingerprint density at radius 3 is 1.51 bits per heavy atom. The van der Waals surface area contributed by atoms with Crippen LogP contribution in [0.4, 0.5) is 11.4 Å². The van der Waals surface area contributed by atoms with E-state index in [4.69, 9.17) is 4.42 Å². The van der Waals surface area contributed by atoms with Crippen LogP contribution in [0.25, 0.3) is 22.8 Å². The van der Waals surface area contributed by atoms with Crippen LogP contribution in [0.2, 0.25) is 0 Å². The number of piperidine rings is 2. The van der Waals surface area contributed by atoms with Gasteiger partial charge in [0.15, 0.2) is 5.76 Å². The maximum atomic E-state index is 13.3. The highest BCUT2D eigenvalue weighted by Gasteiger charge is 2.33. The van der Waals surface area contributed by atoms with Gasteiger partial charge in [-0.3, -0.25) is 19.2 Å². The van der Waals surface area contributed by atoms with Crippen LogP contribution >= 0.6 is 0 Å². The number of amides is 4. The van der Waals surface area contributed by atoms with Gasteiger partial charge in [-0.05, 0) is 98.2 Å². The third kappa shape index (κ3) is 8.72. The lowest BCUT2D eigenvalue weighted by molar-refractivity contribution is -0.139. The fraction of sp³-hybridized carbons (Fsp3) is 0.279. The number of aromatic nitrogens is 1. The normalized spacial score (nSPS) is 17.2. The zero-order valence-electron chi connectivity index (χ0n) is 29.6. The topological polar surface area (TPSA) is 125 Å². The summed E-state index contributed by atoms with van der Waals surface area (Å²) in [6, 6.07) is 32.8. The molecule has 4 aromatic carbocycles. The Balaban J connectivity index is 0.940. The first-order chi connectivity index (χ1) is 25.9. The minimum absolute atomic E-state index is 0.0365. The van der Waals surface area contributed by atoms with Crippen molar-refractivity contribution in [1.82, 2.24) is 14.8 Å². The smallest absolute Gasteiger partial charge is 0.247 e. The van der Waals surface area contributed by atoms with E-state index >= 15 is 0 Å². The second-order valence-corrected chi connectivity index (χ2v) is 13.7. The molecule has 4 amide bonds. The molecule has 2 unspecified atom stereocenters. The predicted octanol–water partition coefficient (Wildman–Crippen LogP) is 7.13. The van der Waals surface area contributed by atoms with Crippen LogP contribution in [0.15, 0.2) is 120 Å². The molecule has 0 radical (unpaired) electrons. The van der Waals surface area contributed by atoms with Gasteiger partial charge in [-0.2, -0.15) is 0 Å². The Morgan fingerprint density at radius 2 is 1.04 bits per heavy atom. The van der Waals surface area contributed by atoms with E-state index < -0.39 is 12.1 Å². The van der Waals surface area contributed by atoms with Crippen molar-refractivity contribution >= 4 is 35.0 Å². The quantitative estimate of drug-likeness (QED) is 0.159. The minimum Gasteiger partial charge on any atom is -0.436 e. The third-order valence-corrected chi connectivity index (χ3v) is 9.99. The molecule has 2 N–H and O–H groups in total. The highest BCUT2D eigenvalue weighted by Crippen LogP contribution is 2.29. The van der Waals surface area contributed by atoms with Crippen LogP contribution < -0.4 is 10.6 Å². The molecule has 0 bridgehead atoms. The van der Waals surface area contributed by atoms with Gasteiger partial charge in [0.05, 0.1) is 19.0 Å². The number of carbonyl (C=O) groups excluding carboxylic acids is 4. The van der Waals surface area contributed by atoms with E-state index in [1.54, 1.807) is 28.1 Å². The number of hydrogen-bond acceptors (Lipinski definition) is 6. The molecule has 5 aromatic rings. The van der Waals surface area contributed by atoms with Crippen molar-refractivity contribution in [2.24, 2.45) is 0 Å². The molecule has 0 spiro atoms. The number of hydrogen-bond donors (Lipinski definition) is 2. The number of nitrogens with zero attached hydrogens (tertiary/aromatic N) is 3. The summed E-state index contributed by atoms with van der Waals surface area (Å²) >= 11 is 0. The highest BCUT2D eigenvalue weighted by molar-refractivity contribution is 5.98. The molecule has 3 heterocycles. The third-order valence-electron chi connectivity index (χ3n) is 9.99. The van der Waals surface area contributed by atoms with Crippen molar-refractivity contribution in [1.29, 1.82) is 0 Å². The van der Waals surface area contributed by atoms with Gasteiger partial charge >= 0.3 is 0 Å². The molecular formula is C43H43N5O5. The van der Waals surface area contributed by atoms with Crippen molar-refractivity contribution in [3.8, 4) is 22.8 Å². The molecule has 10 nitrogen and oxygen atoms in total. The summed E-state index contributed by atoms with van der Waals surface area (Å²) in [5, 5.41) is 5.99. The zero-order valence-corrected chi connectivity index (χ0v) is 29.6. The van der Waals surface area contributed by atoms with Crippen molar-refractivity contribution < 1.29 is 23.6 Å². The SMILES string of the molecule is O=C(Nc1ccc(-c2cnc(-c3ccc(NC(=O)C4CCCCN4C(=O)Cc4ccccc4)cc3)o2)cc1)C1CCCCN1C(=O)Cc1ccccc1. The van der Waals surface area contributed by atoms with Crippen molar-refractivity contribution in [3.63, 3.8) is 0 Å². The molecule has 0 saturated carbocycles. The Bertz CT molecular complexity index is 1880. The molecule has 10 heteroatoms. The van der Waals surface area contributed by atoms with Crippen molar-refractivity contribution in [3.05, 3.63) is 127 Å². The fourth-order valence-corrected chi connectivity index (χ4v) is 7.16. The van der Waals surface area contributed by atoms with Gasteiger partial charge in [-0.25, -0.2) is 4.98 Å². The van der Waals surface area contributed by atoms with E-state index in [-0.39, 0.29) is 36.5 Å². The lowest BCUT2D eigenvalue weighted by Crippen LogP contribution is -2.50. The summed E-state index contributed by atoms with van der Waals surface area (Å²) in [5.41, 5.74) is 4.67. The lowest BCUT2D eigenvalue weighted by atomic mass is 9.99. The van der Waals surface area contributed by atoms with Crippen LogP contribution in [0, 0.1) is 0 Å². The summed E-state index contributed by atoms with van der Waals surface area (Å²) < 4.78 is 6.09. The van der Waals surface area contributed by atoms with E-state index in [0.717, 1.165) is 47.9 Å². The molecule has 2 atom stereocenters. The first-order valence-corrected chi connectivity index (χ1v) is 18.4. The maximum absolute atomic E-state index is 13.3. The average Bonchev–Trinajstić information content (AvgIpc) is 3.70. The van der Waals surface area contributed by atoms with Gasteiger partial charge in [-0.15, -0.1) is 0 Å². The van der Waals surface area contributed by atoms with Gasteiger partial charge in [-0.1, -0.05) is 60.7 Å². The van der Waals surface area contributed by atoms with Crippen LogP contribution in [0.5, 0.6) is 0 Å². The summed E-state index contributed by atoms with van der Waals surface area (Å²) in [4.78, 5) is 60.9. The Morgan fingerprint density at radius 1 is 0.585 bits per heavy atom. The van der Waals surface area contributed by atoms with E-state index in [1.165, 1.54) is 0 Å². The number of anilines is 2. The van der Waals surface area contributed by atoms with Crippen molar-refractivity contribution in [2.75, 3.05) is 23.7 Å². The molecule has 2 aliphatic rings. The highest BCUT2D eigenvalue weighted by atomic mass is 16.4. The lowest BCUT2D eigenvalue weighted by Gasteiger charge is -2.34. The van der Waals surface area contributed by atoms with Crippen LogP contribution in [-0.2, 0) is 32.0 Å². The number of rotatable bonds is 10. The zero-order chi connectivity index (χ0) is 36.6. The molecule has 2 aliphatic heterocycles. The maximum Gasteiger partial charge on any atom is 0.247 e. The van der Waals surface area contributed by atoms with Crippen LogP contribution in [-0.4, -0.2) is 63.6 Å². The van der Waals surface area contributed by atoms with E-state index in [1.807, 2.05) is 97.1 Å². The van der Waals surface area contributed by atoms with Crippen LogP contribution in [0.1, 0.15) is 49.7 Å². The fourth-order valence-electron chi connectivity index (χ4n) is 7.16. The standard InChI is InChI=1S/C43H43N5O5/c49-39(27-30-11-3-1-4-12-30)47-25-9-7-15-36(47)41(51)45-34-21-17-32(18-22-34)38-29-44-43(53-38)33-19-23-35(24-20-33)46-42(52)37-16-8-10-26-48(37)40(50)28-31-13-5-2-6-14-31/h1-6,11-14,17-24,29,36-37H,7-10,15-16,25-28H2,(H,45,51)(H,46,52). The number of likely N-dealkylation sites (tertiary alicyclic amines) is 2.